The largest absolute Gasteiger partial charge is 0.228 e. The van der Waals surface area contributed by atoms with Gasteiger partial charge in [-0.15, -0.1) is 0 Å². The predicted octanol–water partition coefficient (Wildman–Crippen LogP) is 14.7. The zero-order valence-electron chi connectivity index (χ0n) is 34.4. The van der Waals surface area contributed by atoms with Crippen LogP contribution in [0.1, 0.15) is 27.8 Å². The molecule has 0 saturated carbocycles. The fourth-order valence-corrected chi connectivity index (χ4v) is 9.43. The average Bonchev–Trinajstić information content (AvgIpc) is 3.67. The highest BCUT2D eigenvalue weighted by Gasteiger charge is 2.46. The lowest BCUT2D eigenvalue weighted by atomic mass is 9.67. The monoisotopic (exact) mass is 801 g/mol. The Morgan fingerprint density at radius 3 is 1.38 bits per heavy atom. The molecule has 10 aromatic rings. The normalized spacial score (nSPS) is 12.2. The molecule has 0 fully saturated rings. The van der Waals surface area contributed by atoms with E-state index in [2.05, 4.69) is 231 Å². The first-order valence-corrected chi connectivity index (χ1v) is 21.3. The summed E-state index contributed by atoms with van der Waals surface area (Å²) in [5, 5.41) is 10.1. The van der Waals surface area contributed by atoms with Gasteiger partial charge in [-0.3, -0.25) is 0 Å². The first-order chi connectivity index (χ1) is 31.2. The lowest BCUT2D eigenvalue weighted by Gasteiger charge is -2.34. The van der Waals surface area contributed by atoms with Crippen molar-refractivity contribution in [3.63, 3.8) is 0 Å². The summed E-state index contributed by atoms with van der Waals surface area (Å²) in [6.45, 7) is 0. The Hall–Kier alpha value is -8.45. The molecule has 3 heteroatoms. The molecule has 0 N–H and O–H groups in total. The molecular weight excluding hydrogens is 763 g/mol. The summed E-state index contributed by atoms with van der Waals surface area (Å²) in [5.41, 5.74) is 18.4. The molecule has 0 bridgehead atoms. The molecule has 0 radical (unpaired) electrons. The lowest BCUT2D eigenvalue weighted by molar-refractivity contribution is 0.768. The lowest BCUT2D eigenvalue weighted by Crippen LogP contribution is -2.28. The average molecular weight is 802 g/mol. The Bertz CT molecular complexity index is 3220. The van der Waals surface area contributed by atoms with Crippen LogP contribution in [0.5, 0.6) is 0 Å². The third-order valence-electron chi connectivity index (χ3n) is 12.4. The number of fused-ring (bicyclic) bond motifs is 3. The molecule has 1 aliphatic rings. The van der Waals surface area contributed by atoms with Crippen LogP contribution in [0.15, 0.2) is 237 Å². The van der Waals surface area contributed by atoms with Gasteiger partial charge in [0, 0.05) is 16.7 Å². The molecule has 9 aromatic carbocycles. The fraction of sp³-hybridized carbons (Fsp3) is 0.0167. The van der Waals surface area contributed by atoms with Crippen LogP contribution < -0.4 is 0 Å². The molecule has 0 amide bonds. The zero-order chi connectivity index (χ0) is 42.2. The molecule has 0 saturated heterocycles. The summed E-state index contributed by atoms with van der Waals surface area (Å²) in [7, 11) is 0. The van der Waals surface area contributed by atoms with Gasteiger partial charge in [0.15, 0.2) is 5.82 Å². The van der Waals surface area contributed by atoms with E-state index in [0.29, 0.717) is 11.4 Å². The summed E-state index contributed by atoms with van der Waals surface area (Å²) < 4.78 is 0. The number of rotatable bonds is 8. The van der Waals surface area contributed by atoms with Gasteiger partial charge in [0.05, 0.1) is 28.4 Å². The smallest absolute Gasteiger partial charge is 0.160 e. The van der Waals surface area contributed by atoms with Crippen LogP contribution >= 0.6 is 0 Å². The summed E-state index contributed by atoms with van der Waals surface area (Å²) >= 11 is 0. The van der Waals surface area contributed by atoms with Gasteiger partial charge in [-0.25, -0.2) is 9.97 Å². The highest BCUT2D eigenvalue weighted by atomic mass is 14.9. The van der Waals surface area contributed by atoms with Crippen LogP contribution in [0.4, 0.5) is 0 Å². The van der Waals surface area contributed by atoms with Crippen molar-refractivity contribution < 1.29 is 0 Å². The van der Waals surface area contributed by atoms with Crippen LogP contribution in [0.3, 0.4) is 0 Å². The van der Waals surface area contributed by atoms with E-state index in [9.17, 15) is 5.26 Å². The van der Waals surface area contributed by atoms with Crippen molar-refractivity contribution in [2.75, 3.05) is 0 Å². The molecule has 1 heterocycles. The Morgan fingerprint density at radius 2 is 0.794 bits per heavy atom. The van der Waals surface area contributed by atoms with E-state index in [-0.39, 0.29) is 0 Å². The second-order valence-electron chi connectivity index (χ2n) is 16.1. The standard InChI is InChI=1S/C60H39N3/c61-40-41-29-31-53-54-38-46(30-32-55(54)60(56(53)33-41,51-25-12-4-13-26-51)52-27-14-5-15-28-52)45-23-16-24-47(34-45)59-62-57(44-21-10-3-11-22-44)39-58(63-59)50-36-48(42-17-6-1-7-18-42)35-49(37-50)43-19-8-2-9-20-43/h1-39H. The number of hydrogen-bond acceptors (Lipinski definition) is 3. The van der Waals surface area contributed by atoms with E-state index in [0.717, 1.165) is 89.3 Å². The first-order valence-electron chi connectivity index (χ1n) is 21.3. The maximum Gasteiger partial charge on any atom is 0.160 e. The minimum Gasteiger partial charge on any atom is -0.228 e. The van der Waals surface area contributed by atoms with E-state index >= 15 is 0 Å². The number of benzene rings is 9. The third kappa shape index (κ3) is 6.72. The van der Waals surface area contributed by atoms with Crippen molar-refractivity contribution in [1.82, 2.24) is 9.97 Å². The quantitative estimate of drug-likeness (QED) is 0.154. The molecule has 1 aromatic heterocycles. The summed E-state index contributed by atoms with van der Waals surface area (Å²) in [5.74, 6) is 0.655. The minimum absolute atomic E-state index is 0.596. The van der Waals surface area contributed by atoms with Crippen molar-refractivity contribution in [3.05, 3.63) is 264 Å². The maximum atomic E-state index is 10.1. The van der Waals surface area contributed by atoms with E-state index in [4.69, 9.17) is 9.97 Å². The van der Waals surface area contributed by atoms with Crippen molar-refractivity contribution in [3.8, 4) is 84.5 Å². The third-order valence-corrected chi connectivity index (χ3v) is 12.4. The minimum atomic E-state index is -0.596. The molecule has 3 nitrogen and oxygen atoms in total. The molecule has 63 heavy (non-hydrogen) atoms. The summed E-state index contributed by atoms with van der Waals surface area (Å²) in [6, 6.07) is 85.7. The van der Waals surface area contributed by atoms with Gasteiger partial charge < -0.3 is 0 Å². The Morgan fingerprint density at radius 1 is 0.317 bits per heavy atom. The number of hydrogen-bond donors (Lipinski definition) is 0. The molecular formula is C60H39N3. The van der Waals surface area contributed by atoms with Gasteiger partial charge in [0.25, 0.3) is 0 Å². The van der Waals surface area contributed by atoms with Gasteiger partial charge in [-0.05, 0) is 115 Å². The van der Waals surface area contributed by atoms with Crippen LogP contribution in [0, 0.1) is 11.3 Å². The Kier molecular flexibility index (Phi) is 9.45. The zero-order valence-corrected chi connectivity index (χ0v) is 34.4. The molecule has 1 aliphatic carbocycles. The highest BCUT2D eigenvalue weighted by Crippen LogP contribution is 2.57. The molecule has 0 spiro atoms. The van der Waals surface area contributed by atoms with E-state index in [1.807, 2.05) is 12.1 Å². The van der Waals surface area contributed by atoms with Crippen molar-refractivity contribution in [1.29, 1.82) is 5.26 Å². The fourth-order valence-electron chi connectivity index (χ4n) is 9.43. The first kappa shape index (κ1) is 37.5. The molecule has 294 valence electrons. The Labute approximate surface area is 368 Å². The second-order valence-corrected chi connectivity index (χ2v) is 16.1. The van der Waals surface area contributed by atoms with Crippen LogP contribution in [0.2, 0.25) is 0 Å². The maximum absolute atomic E-state index is 10.1. The second kappa shape index (κ2) is 15.9. The summed E-state index contributed by atoms with van der Waals surface area (Å²) in [4.78, 5) is 10.6. The van der Waals surface area contributed by atoms with Gasteiger partial charge in [0.2, 0.25) is 0 Å². The molecule has 0 aliphatic heterocycles. The number of nitriles is 1. The van der Waals surface area contributed by atoms with E-state index in [1.54, 1.807) is 0 Å². The van der Waals surface area contributed by atoms with Crippen molar-refractivity contribution in [2.24, 2.45) is 0 Å². The van der Waals surface area contributed by atoms with Crippen LogP contribution in [-0.4, -0.2) is 9.97 Å². The van der Waals surface area contributed by atoms with Crippen LogP contribution in [-0.2, 0) is 5.41 Å². The summed E-state index contributed by atoms with van der Waals surface area (Å²) in [6.07, 6.45) is 0. The predicted molar refractivity (Wildman–Crippen MR) is 257 cm³/mol. The van der Waals surface area contributed by atoms with Crippen molar-refractivity contribution >= 4 is 0 Å². The van der Waals surface area contributed by atoms with Crippen molar-refractivity contribution in [2.45, 2.75) is 5.41 Å². The SMILES string of the molecule is N#Cc1ccc2c(c1)C(c1ccccc1)(c1ccccc1)c1ccc(-c3cccc(-c4nc(-c5ccccc5)cc(-c5cc(-c6ccccc6)cc(-c6ccccc6)c5)n4)c3)cc1-2. The Balaban J connectivity index is 1.07. The van der Waals surface area contributed by atoms with E-state index < -0.39 is 5.41 Å². The molecule has 0 atom stereocenters. The molecule has 0 unspecified atom stereocenters. The number of nitrogens with zero attached hydrogens (tertiary/aromatic N) is 3. The molecule has 11 rings (SSSR count). The van der Waals surface area contributed by atoms with Gasteiger partial charge in [-0.1, -0.05) is 188 Å². The van der Waals surface area contributed by atoms with E-state index in [1.165, 1.54) is 5.56 Å². The van der Waals surface area contributed by atoms with Crippen LogP contribution in [0.25, 0.3) is 78.4 Å². The van der Waals surface area contributed by atoms with Gasteiger partial charge in [-0.2, -0.15) is 5.26 Å². The van der Waals surface area contributed by atoms with Gasteiger partial charge in [0.1, 0.15) is 0 Å². The topological polar surface area (TPSA) is 49.6 Å². The highest BCUT2D eigenvalue weighted by molar-refractivity contribution is 5.90. The van der Waals surface area contributed by atoms with Gasteiger partial charge >= 0.3 is 0 Å². The number of aromatic nitrogens is 2.